The molecule has 2 atom stereocenters. The van der Waals surface area contributed by atoms with Crippen molar-refractivity contribution in [3.8, 4) is 5.75 Å². The molecule has 1 fully saturated rings. The van der Waals surface area contributed by atoms with Crippen molar-refractivity contribution >= 4 is 26.0 Å². The van der Waals surface area contributed by atoms with E-state index in [9.17, 15) is 8.42 Å². The number of hydrogen-bond acceptors (Lipinski definition) is 3. The number of halogens is 1. The standard InChI is InChI=1S/C14H20BrNO3S/c1-9-5-10(2)7-12(6-9)19-13-4-3-11(15)8-14(13)20(16,17)18/h3-4,8-10,12H,5-7H2,1-2H3,(H2,16,17,18). The summed E-state index contributed by atoms with van der Waals surface area (Å²) in [6.45, 7) is 4.41. The van der Waals surface area contributed by atoms with E-state index in [1.807, 2.05) is 0 Å². The van der Waals surface area contributed by atoms with Gasteiger partial charge in [0.1, 0.15) is 10.6 Å². The van der Waals surface area contributed by atoms with Crippen molar-refractivity contribution in [2.45, 2.75) is 44.1 Å². The summed E-state index contributed by atoms with van der Waals surface area (Å²) >= 11 is 3.26. The molecule has 0 bridgehead atoms. The Hall–Kier alpha value is -0.590. The third kappa shape index (κ3) is 3.96. The van der Waals surface area contributed by atoms with E-state index in [1.165, 1.54) is 12.5 Å². The minimum atomic E-state index is -3.79. The summed E-state index contributed by atoms with van der Waals surface area (Å²) in [5.41, 5.74) is 0. The fourth-order valence-corrected chi connectivity index (χ4v) is 4.15. The summed E-state index contributed by atoms with van der Waals surface area (Å²) in [6.07, 6.45) is 3.15. The molecular weight excluding hydrogens is 342 g/mol. The van der Waals surface area contributed by atoms with E-state index in [4.69, 9.17) is 9.88 Å². The number of ether oxygens (including phenoxy) is 1. The maximum atomic E-state index is 11.7. The molecule has 0 aromatic heterocycles. The molecular formula is C14H20BrNO3S. The van der Waals surface area contributed by atoms with Crippen LogP contribution in [0.5, 0.6) is 5.75 Å². The Labute approximate surface area is 128 Å². The molecule has 2 N–H and O–H groups in total. The van der Waals surface area contributed by atoms with E-state index < -0.39 is 10.0 Å². The van der Waals surface area contributed by atoms with Gasteiger partial charge in [0.2, 0.25) is 10.0 Å². The Morgan fingerprint density at radius 3 is 2.35 bits per heavy atom. The average Bonchev–Trinajstić information content (AvgIpc) is 2.28. The van der Waals surface area contributed by atoms with Gasteiger partial charge in [-0.1, -0.05) is 29.8 Å². The Kier molecular flexibility index (Phi) is 4.76. The van der Waals surface area contributed by atoms with Crippen molar-refractivity contribution in [2.24, 2.45) is 17.0 Å². The zero-order valence-electron chi connectivity index (χ0n) is 11.7. The molecule has 20 heavy (non-hydrogen) atoms. The lowest BCUT2D eigenvalue weighted by atomic mass is 9.82. The number of nitrogens with two attached hydrogens (primary N) is 1. The van der Waals surface area contributed by atoms with Crippen molar-refractivity contribution in [2.75, 3.05) is 0 Å². The van der Waals surface area contributed by atoms with E-state index >= 15 is 0 Å². The zero-order chi connectivity index (χ0) is 14.9. The first-order chi connectivity index (χ1) is 9.25. The fraction of sp³-hybridized carbons (Fsp3) is 0.571. The summed E-state index contributed by atoms with van der Waals surface area (Å²) in [5.74, 6) is 1.54. The van der Waals surface area contributed by atoms with Crippen LogP contribution in [0.1, 0.15) is 33.1 Å². The van der Waals surface area contributed by atoms with Crippen molar-refractivity contribution in [1.29, 1.82) is 0 Å². The Morgan fingerprint density at radius 1 is 1.20 bits per heavy atom. The second kappa shape index (κ2) is 6.03. The topological polar surface area (TPSA) is 69.4 Å². The minimum Gasteiger partial charge on any atom is -0.489 e. The monoisotopic (exact) mass is 361 g/mol. The van der Waals surface area contributed by atoms with Crippen LogP contribution in [0.4, 0.5) is 0 Å². The van der Waals surface area contributed by atoms with E-state index in [0.717, 1.165) is 12.8 Å². The lowest BCUT2D eigenvalue weighted by molar-refractivity contribution is 0.0982. The summed E-state index contributed by atoms with van der Waals surface area (Å²) in [4.78, 5) is 0.0396. The molecule has 112 valence electrons. The minimum absolute atomic E-state index is 0.0396. The average molecular weight is 362 g/mol. The quantitative estimate of drug-likeness (QED) is 0.897. The number of rotatable bonds is 3. The smallest absolute Gasteiger partial charge is 0.241 e. The Morgan fingerprint density at radius 2 is 1.80 bits per heavy atom. The third-order valence-electron chi connectivity index (χ3n) is 3.64. The van der Waals surface area contributed by atoms with E-state index in [-0.39, 0.29) is 11.0 Å². The zero-order valence-corrected chi connectivity index (χ0v) is 14.1. The molecule has 0 amide bonds. The first-order valence-corrected chi connectivity index (χ1v) is 9.08. The molecule has 0 saturated heterocycles. The van der Waals surface area contributed by atoms with Gasteiger partial charge in [-0.2, -0.15) is 0 Å². The molecule has 0 heterocycles. The van der Waals surface area contributed by atoms with Crippen LogP contribution in [0.2, 0.25) is 0 Å². The van der Waals surface area contributed by atoms with Crippen LogP contribution in [0.15, 0.2) is 27.6 Å². The summed E-state index contributed by atoms with van der Waals surface area (Å²) in [7, 11) is -3.79. The number of primary sulfonamides is 1. The van der Waals surface area contributed by atoms with Gasteiger partial charge in [0.15, 0.2) is 0 Å². The number of benzene rings is 1. The van der Waals surface area contributed by atoms with Gasteiger partial charge in [-0.25, -0.2) is 13.6 Å². The second-order valence-corrected chi connectivity index (χ2v) is 8.24. The normalized spacial score (nSPS) is 27.3. The van der Waals surface area contributed by atoms with Gasteiger partial charge in [0.05, 0.1) is 6.10 Å². The lowest BCUT2D eigenvalue weighted by Crippen LogP contribution is -2.29. The van der Waals surface area contributed by atoms with Gasteiger partial charge < -0.3 is 4.74 Å². The lowest BCUT2D eigenvalue weighted by Gasteiger charge is -2.32. The predicted molar refractivity (Wildman–Crippen MR) is 82.1 cm³/mol. The largest absolute Gasteiger partial charge is 0.489 e. The first kappa shape index (κ1) is 15.8. The number of sulfonamides is 1. The molecule has 2 rings (SSSR count). The van der Waals surface area contributed by atoms with Crippen LogP contribution in [-0.4, -0.2) is 14.5 Å². The second-order valence-electron chi connectivity index (χ2n) is 5.79. The van der Waals surface area contributed by atoms with Gasteiger partial charge in [-0.3, -0.25) is 0 Å². The van der Waals surface area contributed by atoms with Gasteiger partial charge in [-0.05, 0) is 49.3 Å². The molecule has 1 aliphatic rings. The Balaban J connectivity index is 2.25. The van der Waals surface area contributed by atoms with Gasteiger partial charge in [0.25, 0.3) is 0 Å². The maximum absolute atomic E-state index is 11.7. The highest BCUT2D eigenvalue weighted by atomic mass is 79.9. The molecule has 6 heteroatoms. The molecule has 1 saturated carbocycles. The van der Waals surface area contributed by atoms with Crippen molar-refractivity contribution in [1.82, 2.24) is 0 Å². The Bertz CT molecular complexity index is 578. The summed E-state index contributed by atoms with van der Waals surface area (Å²) in [6, 6.07) is 4.91. The van der Waals surface area contributed by atoms with Crippen LogP contribution in [0, 0.1) is 11.8 Å². The van der Waals surface area contributed by atoms with Gasteiger partial charge >= 0.3 is 0 Å². The summed E-state index contributed by atoms with van der Waals surface area (Å²) in [5, 5.41) is 5.26. The molecule has 1 aliphatic carbocycles. The van der Waals surface area contributed by atoms with E-state index in [0.29, 0.717) is 22.1 Å². The van der Waals surface area contributed by atoms with Crippen LogP contribution < -0.4 is 9.88 Å². The van der Waals surface area contributed by atoms with Crippen molar-refractivity contribution in [3.05, 3.63) is 22.7 Å². The highest BCUT2D eigenvalue weighted by molar-refractivity contribution is 9.10. The number of hydrogen-bond donors (Lipinski definition) is 1. The third-order valence-corrected chi connectivity index (χ3v) is 5.07. The van der Waals surface area contributed by atoms with Crippen LogP contribution in [-0.2, 0) is 10.0 Å². The molecule has 1 aromatic carbocycles. The predicted octanol–water partition coefficient (Wildman–Crippen LogP) is 3.30. The fourth-order valence-electron chi connectivity index (χ4n) is 2.95. The molecule has 1 aromatic rings. The van der Waals surface area contributed by atoms with Crippen LogP contribution in [0.25, 0.3) is 0 Å². The van der Waals surface area contributed by atoms with Gasteiger partial charge in [0, 0.05) is 4.47 Å². The van der Waals surface area contributed by atoms with E-state index in [1.54, 1.807) is 12.1 Å². The summed E-state index contributed by atoms with van der Waals surface area (Å²) < 4.78 is 29.9. The van der Waals surface area contributed by atoms with Crippen molar-refractivity contribution in [3.63, 3.8) is 0 Å². The molecule has 4 nitrogen and oxygen atoms in total. The maximum Gasteiger partial charge on any atom is 0.241 e. The van der Waals surface area contributed by atoms with Crippen LogP contribution in [0.3, 0.4) is 0 Å². The first-order valence-electron chi connectivity index (χ1n) is 6.74. The highest BCUT2D eigenvalue weighted by Crippen LogP contribution is 2.34. The van der Waals surface area contributed by atoms with Crippen LogP contribution >= 0.6 is 15.9 Å². The molecule has 0 aliphatic heterocycles. The molecule has 0 spiro atoms. The van der Waals surface area contributed by atoms with E-state index in [2.05, 4.69) is 29.8 Å². The highest BCUT2D eigenvalue weighted by Gasteiger charge is 2.27. The molecule has 0 radical (unpaired) electrons. The van der Waals surface area contributed by atoms with Gasteiger partial charge in [-0.15, -0.1) is 0 Å². The van der Waals surface area contributed by atoms with Crippen molar-refractivity contribution < 1.29 is 13.2 Å². The molecule has 2 unspecified atom stereocenters. The SMILES string of the molecule is CC1CC(C)CC(Oc2ccc(Br)cc2S(N)(=O)=O)C1.